The Balaban J connectivity index is 1.57. The molecule has 0 unspecified atom stereocenters. The largest absolute Gasteiger partial charge is 0.497 e. The van der Waals surface area contributed by atoms with Gasteiger partial charge in [0.25, 0.3) is 0 Å². The molecule has 122 valence electrons. The minimum atomic E-state index is 0.294. The number of nitrogen functional groups attached to an aromatic ring is 1. The van der Waals surface area contributed by atoms with Gasteiger partial charge in [0.05, 0.1) is 12.8 Å². The zero-order valence-corrected chi connectivity index (χ0v) is 13.3. The molecule has 6 nitrogen and oxygen atoms in total. The molecule has 0 atom stereocenters. The Labute approximate surface area is 136 Å². The Bertz CT molecular complexity index is 653. The number of nitrogens with one attached hydrogen (secondary N) is 1. The second-order valence-electron chi connectivity index (χ2n) is 5.99. The zero-order chi connectivity index (χ0) is 16.2. The number of hydrogen-bond donors (Lipinski definition) is 3. The first-order valence-electron chi connectivity index (χ1n) is 7.91. The van der Waals surface area contributed by atoms with Crippen molar-refractivity contribution < 1.29 is 4.74 Å². The van der Waals surface area contributed by atoms with Crippen LogP contribution in [0.25, 0.3) is 0 Å². The molecule has 0 spiro atoms. The number of benzene rings is 1. The van der Waals surface area contributed by atoms with Gasteiger partial charge in [-0.25, -0.2) is 4.98 Å². The van der Waals surface area contributed by atoms with Crippen LogP contribution >= 0.6 is 0 Å². The van der Waals surface area contributed by atoms with Crippen LogP contribution in [-0.4, -0.2) is 29.7 Å². The predicted octanol–water partition coefficient (Wildman–Crippen LogP) is 1.93. The third-order valence-corrected chi connectivity index (χ3v) is 4.23. The molecule has 0 bridgehead atoms. The van der Waals surface area contributed by atoms with Crippen LogP contribution in [0.1, 0.15) is 30.0 Å². The first-order valence-corrected chi connectivity index (χ1v) is 7.91. The molecule has 6 heteroatoms. The summed E-state index contributed by atoms with van der Waals surface area (Å²) in [5, 5.41) is 3.32. The molecular weight excluding hydrogens is 290 g/mol. The molecule has 1 aromatic carbocycles. The number of methoxy groups -OCH3 is 1. The van der Waals surface area contributed by atoms with Crippen LogP contribution in [0, 0.1) is 0 Å². The van der Waals surface area contributed by atoms with Crippen LogP contribution in [0.2, 0.25) is 0 Å². The Morgan fingerprint density at radius 2 is 1.96 bits per heavy atom. The van der Waals surface area contributed by atoms with Crippen LogP contribution in [-0.2, 0) is 6.42 Å². The Morgan fingerprint density at radius 1 is 1.22 bits per heavy atom. The number of aromatic nitrogens is 2. The van der Waals surface area contributed by atoms with Crippen molar-refractivity contribution in [3.05, 3.63) is 41.6 Å². The summed E-state index contributed by atoms with van der Waals surface area (Å²) in [5.41, 5.74) is 13.9. The molecule has 3 rings (SSSR count). The van der Waals surface area contributed by atoms with Gasteiger partial charge in [0.15, 0.2) is 0 Å². The topological polar surface area (TPSA) is 99.1 Å². The molecule has 0 saturated heterocycles. The minimum Gasteiger partial charge on any atom is -0.497 e. The van der Waals surface area contributed by atoms with E-state index in [2.05, 4.69) is 27.4 Å². The van der Waals surface area contributed by atoms with E-state index < -0.39 is 0 Å². The first kappa shape index (κ1) is 15.6. The average molecular weight is 313 g/mol. The van der Waals surface area contributed by atoms with Gasteiger partial charge in [-0.3, -0.25) is 0 Å². The smallest absolute Gasteiger partial charge is 0.222 e. The van der Waals surface area contributed by atoms with E-state index in [0.717, 1.165) is 43.1 Å². The van der Waals surface area contributed by atoms with E-state index in [-0.39, 0.29) is 0 Å². The first-order chi connectivity index (χ1) is 11.1. The summed E-state index contributed by atoms with van der Waals surface area (Å²) in [7, 11) is 1.67. The molecule has 23 heavy (non-hydrogen) atoms. The third kappa shape index (κ3) is 3.90. The molecule has 1 aliphatic carbocycles. The molecule has 2 aromatic rings. The molecular formula is C17H23N5O. The summed E-state index contributed by atoms with van der Waals surface area (Å²) < 4.78 is 5.16. The van der Waals surface area contributed by atoms with Gasteiger partial charge >= 0.3 is 0 Å². The molecule has 0 amide bonds. The molecule has 1 heterocycles. The van der Waals surface area contributed by atoms with Crippen LogP contribution in [0.3, 0.4) is 0 Å². The van der Waals surface area contributed by atoms with E-state index >= 15 is 0 Å². The van der Waals surface area contributed by atoms with Crippen molar-refractivity contribution in [1.82, 2.24) is 9.97 Å². The molecule has 1 fully saturated rings. The molecule has 0 aliphatic heterocycles. The van der Waals surface area contributed by atoms with Gasteiger partial charge in [-0.2, -0.15) is 4.98 Å². The highest BCUT2D eigenvalue weighted by molar-refractivity contribution is 5.42. The molecule has 5 N–H and O–H groups in total. The highest BCUT2D eigenvalue weighted by Crippen LogP contribution is 2.35. The second kappa shape index (κ2) is 6.83. The van der Waals surface area contributed by atoms with Crippen molar-refractivity contribution in [2.24, 2.45) is 5.73 Å². The summed E-state index contributed by atoms with van der Waals surface area (Å²) in [6, 6.07) is 10.3. The number of anilines is 2. The fourth-order valence-electron chi connectivity index (χ4n) is 2.82. The summed E-state index contributed by atoms with van der Waals surface area (Å²) >= 11 is 0. The lowest BCUT2D eigenvalue weighted by atomic mass is 9.78. The van der Waals surface area contributed by atoms with Gasteiger partial charge in [-0.15, -0.1) is 0 Å². The van der Waals surface area contributed by atoms with Crippen molar-refractivity contribution in [1.29, 1.82) is 0 Å². The Kier molecular flexibility index (Phi) is 4.62. The van der Waals surface area contributed by atoms with Gasteiger partial charge in [-0.05, 0) is 37.0 Å². The van der Waals surface area contributed by atoms with Gasteiger partial charge in [-0.1, -0.05) is 12.1 Å². The number of ether oxygens (including phenoxy) is 1. The quantitative estimate of drug-likeness (QED) is 0.753. The molecule has 1 aromatic heterocycles. The lowest BCUT2D eigenvalue weighted by Crippen LogP contribution is -2.35. The van der Waals surface area contributed by atoms with Crippen LogP contribution in [0.5, 0.6) is 5.75 Å². The highest BCUT2D eigenvalue weighted by Gasteiger charge is 2.29. The molecule has 0 radical (unpaired) electrons. The maximum Gasteiger partial charge on any atom is 0.222 e. The Morgan fingerprint density at radius 3 is 2.61 bits per heavy atom. The lowest BCUT2D eigenvalue weighted by molar-refractivity contribution is 0.345. The van der Waals surface area contributed by atoms with Gasteiger partial charge < -0.3 is 21.5 Å². The van der Waals surface area contributed by atoms with Crippen molar-refractivity contribution >= 4 is 11.8 Å². The summed E-state index contributed by atoms with van der Waals surface area (Å²) in [4.78, 5) is 8.59. The van der Waals surface area contributed by atoms with Gasteiger partial charge in [0.2, 0.25) is 5.95 Å². The van der Waals surface area contributed by atoms with Crippen molar-refractivity contribution in [3.8, 4) is 5.75 Å². The Hall–Kier alpha value is -2.34. The van der Waals surface area contributed by atoms with E-state index in [1.54, 1.807) is 7.11 Å². The van der Waals surface area contributed by atoms with Crippen LogP contribution in [0.4, 0.5) is 11.8 Å². The van der Waals surface area contributed by atoms with Crippen LogP contribution in [0.15, 0.2) is 30.3 Å². The number of nitrogens with two attached hydrogens (primary N) is 2. The standard InChI is InChI=1S/C17H23N5O/c1-23-14-4-2-11(3-5-14)6-7-20-16-10-15(21-17(19)22-16)12-8-13(18)9-12/h2-5,10,12-13H,6-9,18H2,1H3,(H3,19,20,21,22). The van der Waals surface area contributed by atoms with E-state index in [9.17, 15) is 0 Å². The number of nitrogens with zero attached hydrogens (tertiary/aromatic N) is 2. The van der Waals surface area contributed by atoms with E-state index in [4.69, 9.17) is 16.2 Å². The highest BCUT2D eigenvalue weighted by atomic mass is 16.5. The lowest BCUT2D eigenvalue weighted by Gasteiger charge is -2.32. The molecule has 1 saturated carbocycles. The summed E-state index contributed by atoms with van der Waals surface area (Å²) in [6.45, 7) is 0.784. The monoisotopic (exact) mass is 313 g/mol. The summed E-state index contributed by atoms with van der Waals surface area (Å²) in [6.07, 6.45) is 2.85. The van der Waals surface area contributed by atoms with Crippen molar-refractivity contribution in [3.63, 3.8) is 0 Å². The fraction of sp³-hybridized carbons (Fsp3) is 0.412. The minimum absolute atomic E-state index is 0.294. The predicted molar refractivity (Wildman–Crippen MR) is 91.6 cm³/mol. The van der Waals surface area contributed by atoms with Crippen LogP contribution < -0.4 is 21.5 Å². The van der Waals surface area contributed by atoms with E-state index in [1.165, 1.54) is 5.56 Å². The molecule has 1 aliphatic rings. The average Bonchev–Trinajstić information content (AvgIpc) is 2.52. The van der Waals surface area contributed by atoms with Crippen molar-refractivity contribution in [2.75, 3.05) is 24.7 Å². The van der Waals surface area contributed by atoms with E-state index in [0.29, 0.717) is 17.9 Å². The number of rotatable bonds is 6. The fourth-order valence-corrected chi connectivity index (χ4v) is 2.82. The maximum absolute atomic E-state index is 5.85. The maximum atomic E-state index is 5.85. The third-order valence-electron chi connectivity index (χ3n) is 4.23. The van der Waals surface area contributed by atoms with Crippen molar-refractivity contribution in [2.45, 2.75) is 31.2 Å². The number of hydrogen-bond acceptors (Lipinski definition) is 6. The van der Waals surface area contributed by atoms with E-state index in [1.807, 2.05) is 18.2 Å². The van der Waals surface area contributed by atoms with Gasteiger partial charge in [0, 0.05) is 24.6 Å². The summed E-state index contributed by atoms with van der Waals surface area (Å²) in [5.74, 6) is 2.38. The SMILES string of the molecule is COc1ccc(CCNc2cc(C3CC(N)C3)nc(N)n2)cc1. The van der Waals surface area contributed by atoms with Gasteiger partial charge in [0.1, 0.15) is 11.6 Å². The zero-order valence-electron chi connectivity index (χ0n) is 13.3. The second-order valence-corrected chi connectivity index (χ2v) is 5.99. The normalized spacial score (nSPS) is 19.9.